The van der Waals surface area contributed by atoms with Gasteiger partial charge in [0.25, 0.3) is 0 Å². The fourth-order valence-electron chi connectivity index (χ4n) is 2.82. The Balaban J connectivity index is 2.18. The SMILES string of the molecule is CCNC(=NCC(c1cnn(C)c1)N(C)C)Nc1ccc(OC)c(OCC)c1. The van der Waals surface area contributed by atoms with E-state index < -0.39 is 0 Å². The maximum Gasteiger partial charge on any atom is 0.195 e. The summed E-state index contributed by atoms with van der Waals surface area (Å²) in [6.07, 6.45) is 3.91. The van der Waals surface area contributed by atoms with Crippen molar-refractivity contribution in [2.45, 2.75) is 19.9 Å². The van der Waals surface area contributed by atoms with Gasteiger partial charge >= 0.3 is 0 Å². The van der Waals surface area contributed by atoms with E-state index in [1.807, 2.05) is 70.3 Å². The molecule has 8 heteroatoms. The van der Waals surface area contributed by atoms with E-state index in [0.717, 1.165) is 17.8 Å². The topological polar surface area (TPSA) is 75.9 Å². The van der Waals surface area contributed by atoms with E-state index in [1.54, 1.807) is 7.11 Å². The minimum Gasteiger partial charge on any atom is -0.493 e. The zero-order valence-corrected chi connectivity index (χ0v) is 17.7. The molecule has 1 unspecified atom stereocenters. The molecule has 1 atom stereocenters. The first-order chi connectivity index (χ1) is 13.5. The number of methoxy groups -OCH3 is 1. The molecule has 0 aliphatic rings. The Bertz CT molecular complexity index is 772. The Hall–Kier alpha value is -2.74. The molecule has 0 spiro atoms. The third-order valence-corrected chi connectivity index (χ3v) is 4.23. The highest BCUT2D eigenvalue weighted by atomic mass is 16.5. The van der Waals surface area contributed by atoms with E-state index in [2.05, 4.69) is 20.6 Å². The summed E-state index contributed by atoms with van der Waals surface area (Å²) >= 11 is 0. The van der Waals surface area contributed by atoms with E-state index in [0.29, 0.717) is 30.6 Å². The summed E-state index contributed by atoms with van der Waals surface area (Å²) in [7, 11) is 7.65. The molecule has 0 saturated carbocycles. The maximum absolute atomic E-state index is 5.66. The van der Waals surface area contributed by atoms with Gasteiger partial charge in [0.15, 0.2) is 17.5 Å². The first-order valence-corrected chi connectivity index (χ1v) is 9.49. The van der Waals surface area contributed by atoms with Crippen LogP contribution in [0.2, 0.25) is 0 Å². The number of rotatable bonds is 9. The number of guanidine groups is 1. The van der Waals surface area contributed by atoms with Gasteiger partial charge in [-0.25, -0.2) is 0 Å². The number of aliphatic imine (C=N–C) groups is 1. The van der Waals surface area contributed by atoms with Crippen LogP contribution in [0.15, 0.2) is 35.6 Å². The minimum absolute atomic E-state index is 0.138. The van der Waals surface area contributed by atoms with Gasteiger partial charge in [-0.2, -0.15) is 5.10 Å². The predicted octanol–water partition coefficient (Wildman–Crippen LogP) is 2.51. The number of ether oxygens (including phenoxy) is 2. The molecule has 0 amide bonds. The number of benzene rings is 1. The van der Waals surface area contributed by atoms with Crippen molar-refractivity contribution in [1.82, 2.24) is 20.0 Å². The van der Waals surface area contributed by atoms with Gasteiger partial charge in [0, 0.05) is 37.1 Å². The van der Waals surface area contributed by atoms with Gasteiger partial charge in [0.2, 0.25) is 0 Å². The number of nitrogens with one attached hydrogen (secondary N) is 2. The molecule has 0 fully saturated rings. The highest BCUT2D eigenvalue weighted by molar-refractivity contribution is 5.93. The monoisotopic (exact) mass is 388 g/mol. The van der Waals surface area contributed by atoms with Crippen molar-refractivity contribution in [3.8, 4) is 11.5 Å². The predicted molar refractivity (Wildman–Crippen MR) is 113 cm³/mol. The number of likely N-dealkylation sites (N-methyl/N-ethyl adjacent to an activating group) is 1. The molecule has 2 rings (SSSR count). The third-order valence-electron chi connectivity index (χ3n) is 4.23. The van der Waals surface area contributed by atoms with Gasteiger partial charge in [-0.3, -0.25) is 9.67 Å². The van der Waals surface area contributed by atoms with Crippen LogP contribution < -0.4 is 20.1 Å². The lowest BCUT2D eigenvalue weighted by atomic mass is 10.1. The Morgan fingerprint density at radius 2 is 2.07 bits per heavy atom. The molecular formula is C20H32N6O2. The van der Waals surface area contributed by atoms with Crippen molar-refractivity contribution in [1.29, 1.82) is 0 Å². The van der Waals surface area contributed by atoms with E-state index in [1.165, 1.54) is 0 Å². The summed E-state index contributed by atoms with van der Waals surface area (Å²) in [4.78, 5) is 6.92. The Kier molecular flexibility index (Phi) is 8.13. The fraction of sp³-hybridized carbons (Fsp3) is 0.500. The van der Waals surface area contributed by atoms with E-state index >= 15 is 0 Å². The third kappa shape index (κ3) is 5.88. The van der Waals surface area contributed by atoms with E-state index in [-0.39, 0.29) is 6.04 Å². The fourth-order valence-corrected chi connectivity index (χ4v) is 2.82. The maximum atomic E-state index is 5.66. The van der Waals surface area contributed by atoms with Crippen LogP contribution in [0.25, 0.3) is 0 Å². The lowest BCUT2D eigenvalue weighted by molar-refractivity contribution is 0.306. The first kappa shape index (κ1) is 21.6. The van der Waals surface area contributed by atoms with Crippen molar-refractivity contribution in [3.05, 3.63) is 36.2 Å². The molecule has 28 heavy (non-hydrogen) atoms. The van der Waals surface area contributed by atoms with E-state index in [9.17, 15) is 0 Å². The molecule has 1 aromatic heterocycles. The van der Waals surface area contributed by atoms with Gasteiger partial charge in [0.05, 0.1) is 32.5 Å². The number of aromatic nitrogens is 2. The summed E-state index contributed by atoms with van der Waals surface area (Å²) in [5.41, 5.74) is 2.02. The molecular weight excluding hydrogens is 356 g/mol. The molecule has 0 bridgehead atoms. The van der Waals surface area contributed by atoms with Crippen molar-refractivity contribution in [3.63, 3.8) is 0 Å². The number of anilines is 1. The van der Waals surface area contributed by atoms with Crippen LogP contribution in [-0.4, -0.2) is 61.5 Å². The molecule has 1 heterocycles. The normalized spacial score (nSPS) is 12.8. The van der Waals surface area contributed by atoms with Gasteiger partial charge in [-0.1, -0.05) is 0 Å². The Morgan fingerprint density at radius 1 is 1.29 bits per heavy atom. The molecule has 0 saturated heterocycles. The van der Waals surface area contributed by atoms with Crippen molar-refractivity contribution >= 4 is 11.6 Å². The highest BCUT2D eigenvalue weighted by Gasteiger charge is 2.16. The average molecular weight is 389 g/mol. The second-order valence-corrected chi connectivity index (χ2v) is 6.57. The zero-order chi connectivity index (χ0) is 20.5. The smallest absolute Gasteiger partial charge is 0.195 e. The van der Waals surface area contributed by atoms with Crippen LogP contribution in [-0.2, 0) is 7.05 Å². The van der Waals surface area contributed by atoms with E-state index in [4.69, 9.17) is 14.5 Å². The van der Waals surface area contributed by atoms with Crippen molar-refractivity contribution in [2.75, 3.05) is 46.2 Å². The first-order valence-electron chi connectivity index (χ1n) is 9.49. The van der Waals surface area contributed by atoms with Crippen molar-refractivity contribution in [2.24, 2.45) is 12.0 Å². The van der Waals surface area contributed by atoms with Crippen LogP contribution in [0, 0.1) is 0 Å². The standard InChI is InChI=1S/C20H32N6O2/c1-7-21-20(22-13-17(25(3)4)15-12-23-26(5)14-15)24-16-9-10-18(27-6)19(11-16)28-8-2/h9-12,14,17H,7-8,13H2,1-6H3,(H2,21,22,24). The van der Waals surface area contributed by atoms with Crippen molar-refractivity contribution < 1.29 is 9.47 Å². The molecule has 8 nitrogen and oxygen atoms in total. The molecule has 0 aliphatic heterocycles. The van der Waals surface area contributed by atoms with Crippen LogP contribution in [0.4, 0.5) is 5.69 Å². The summed E-state index contributed by atoms with van der Waals surface area (Å²) in [6, 6.07) is 5.88. The lowest BCUT2D eigenvalue weighted by Crippen LogP contribution is -2.32. The minimum atomic E-state index is 0.138. The lowest BCUT2D eigenvalue weighted by Gasteiger charge is -2.22. The van der Waals surface area contributed by atoms with Gasteiger partial charge in [-0.05, 0) is 40.1 Å². The number of hydrogen-bond acceptors (Lipinski definition) is 5. The molecule has 2 N–H and O–H groups in total. The summed E-state index contributed by atoms with van der Waals surface area (Å²) in [5.74, 6) is 2.12. The molecule has 0 radical (unpaired) electrons. The van der Waals surface area contributed by atoms with Crippen LogP contribution in [0.3, 0.4) is 0 Å². The highest BCUT2D eigenvalue weighted by Crippen LogP contribution is 2.30. The van der Waals surface area contributed by atoms with Crippen LogP contribution in [0.5, 0.6) is 11.5 Å². The summed E-state index contributed by atoms with van der Waals surface area (Å²) in [5, 5.41) is 10.9. The summed E-state index contributed by atoms with van der Waals surface area (Å²) in [6.45, 7) is 5.93. The number of aryl methyl sites for hydroxylation is 1. The van der Waals surface area contributed by atoms with Crippen LogP contribution >= 0.6 is 0 Å². The quantitative estimate of drug-likeness (QED) is 0.508. The molecule has 154 valence electrons. The molecule has 2 aromatic rings. The summed E-state index contributed by atoms with van der Waals surface area (Å²) < 4.78 is 12.8. The second-order valence-electron chi connectivity index (χ2n) is 6.57. The van der Waals surface area contributed by atoms with Crippen LogP contribution in [0.1, 0.15) is 25.5 Å². The number of hydrogen-bond donors (Lipinski definition) is 2. The Morgan fingerprint density at radius 3 is 2.64 bits per heavy atom. The van der Waals surface area contributed by atoms with Gasteiger partial charge in [0.1, 0.15) is 0 Å². The zero-order valence-electron chi connectivity index (χ0n) is 17.7. The molecule has 1 aromatic carbocycles. The number of nitrogens with zero attached hydrogens (tertiary/aromatic N) is 4. The average Bonchev–Trinajstić information content (AvgIpc) is 3.08. The van der Waals surface area contributed by atoms with Gasteiger partial charge in [-0.15, -0.1) is 0 Å². The molecule has 0 aliphatic carbocycles. The second kappa shape index (κ2) is 10.6. The Labute approximate surface area is 167 Å². The largest absolute Gasteiger partial charge is 0.493 e. The van der Waals surface area contributed by atoms with Gasteiger partial charge < -0.3 is 25.0 Å².